The maximum atomic E-state index is 12.3. The number of aromatic nitrogens is 2. The summed E-state index contributed by atoms with van der Waals surface area (Å²) in [4.78, 5) is 23.2. The van der Waals surface area contributed by atoms with Crippen LogP contribution < -0.4 is 16.6 Å². The lowest BCUT2D eigenvalue weighted by Crippen LogP contribution is -2.19. The molecular weight excluding hydrogens is 256 g/mol. The number of H-pyrrole nitrogens is 1. The van der Waals surface area contributed by atoms with Crippen molar-refractivity contribution < 1.29 is 4.79 Å². The fraction of sp³-hybridized carbons (Fsp3) is 0.0714. The summed E-state index contributed by atoms with van der Waals surface area (Å²) in [7, 11) is 0. The van der Waals surface area contributed by atoms with E-state index >= 15 is 0 Å². The molecule has 6 nitrogen and oxygen atoms in total. The standard InChI is InChI=1S/C14H14N4O2/c1-9(15)13(10-5-3-2-4-6-10)14(20)16-11-7-8-12(19)18-17-11/h2-8H,15H2,1H3,(H,18,19)(H,16,17,20)/b13-9-. The van der Waals surface area contributed by atoms with Crippen molar-refractivity contribution >= 4 is 17.3 Å². The molecule has 0 fully saturated rings. The van der Waals surface area contributed by atoms with Crippen molar-refractivity contribution in [1.29, 1.82) is 0 Å². The molecule has 1 heterocycles. The van der Waals surface area contributed by atoms with Crippen LogP contribution in [0.15, 0.2) is 53.0 Å². The number of nitrogens with one attached hydrogen (secondary N) is 2. The molecule has 0 bridgehead atoms. The van der Waals surface area contributed by atoms with Gasteiger partial charge in [-0.05, 0) is 18.6 Å². The molecule has 0 aliphatic carbocycles. The number of hydrogen-bond donors (Lipinski definition) is 3. The molecule has 4 N–H and O–H groups in total. The number of rotatable bonds is 3. The fourth-order valence-electron chi connectivity index (χ4n) is 1.74. The van der Waals surface area contributed by atoms with Gasteiger partial charge in [0.1, 0.15) is 0 Å². The number of carbonyl (C=O) groups is 1. The van der Waals surface area contributed by atoms with Crippen LogP contribution in [0.1, 0.15) is 12.5 Å². The van der Waals surface area contributed by atoms with E-state index in [2.05, 4.69) is 15.5 Å². The van der Waals surface area contributed by atoms with E-state index in [1.807, 2.05) is 18.2 Å². The van der Waals surface area contributed by atoms with Crippen molar-refractivity contribution in [2.75, 3.05) is 5.32 Å². The van der Waals surface area contributed by atoms with Crippen molar-refractivity contribution in [3.63, 3.8) is 0 Å². The van der Waals surface area contributed by atoms with E-state index in [0.29, 0.717) is 11.3 Å². The maximum Gasteiger partial charge on any atom is 0.264 e. The molecule has 0 unspecified atom stereocenters. The van der Waals surface area contributed by atoms with Gasteiger partial charge in [-0.1, -0.05) is 30.3 Å². The lowest BCUT2D eigenvalue weighted by molar-refractivity contribution is -0.111. The SMILES string of the molecule is C/C(N)=C(/C(=O)Nc1ccc(=O)[nH]n1)c1ccccc1. The molecule has 102 valence electrons. The Morgan fingerprint density at radius 3 is 2.45 bits per heavy atom. The molecule has 0 aliphatic heterocycles. The third-order valence-electron chi connectivity index (χ3n) is 2.60. The highest BCUT2D eigenvalue weighted by Crippen LogP contribution is 2.18. The minimum absolute atomic E-state index is 0.254. The van der Waals surface area contributed by atoms with Crippen molar-refractivity contribution in [2.45, 2.75) is 6.92 Å². The normalized spacial score (nSPS) is 11.7. The minimum atomic E-state index is -0.379. The lowest BCUT2D eigenvalue weighted by atomic mass is 10.0. The molecule has 1 aromatic carbocycles. The minimum Gasteiger partial charge on any atom is -0.402 e. The van der Waals surface area contributed by atoms with Crippen LogP contribution in [-0.4, -0.2) is 16.1 Å². The van der Waals surface area contributed by atoms with E-state index in [4.69, 9.17) is 5.73 Å². The van der Waals surface area contributed by atoms with Crippen molar-refractivity contribution in [1.82, 2.24) is 10.2 Å². The third-order valence-corrected chi connectivity index (χ3v) is 2.60. The first-order chi connectivity index (χ1) is 9.58. The first kappa shape index (κ1) is 13.5. The largest absolute Gasteiger partial charge is 0.402 e. The van der Waals surface area contributed by atoms with Gasteiger partial charge in [-0.15, -0.1) is 0 Å². The van der Waals surface area contributed by atoms with Gasteiger partial charge in [0, 0.05) is 11.8 Å². The monoisotopic (exact) mass is 270 g/mol. The molecule has 2 aromatic rings. The molecule has 0 saturated heterocycles. The Balaban J connectivity index is 2.28. The number of carbonyl (C=O) groups excluding carboxylic acids is 1. The Bertz CT molecular complexity index is 680. The van der Waals surface area contributed by atoms with Gasteiger partial charge in [0.25, 0.3) is 11.5 Å². The Labute approximate surface area is 115 Å². The van der Waals surface area contributed by atoms with Gasteiger partial charge in [-0.2, -0.15) is 5.10 Å². The Kier molecular flexibility index (Phi) is 3.95. The first-order valence-corrected chi connectivity index (χ1v) is 5.97. The number of anilines is 1. The second-order valence-electron chi connectivity index (χ2n) is 4.18. The summed E-state index contributed by atoms with van der Waals surface area (Å²) in [6, 6.07) is 11.8. The summed E-state index contributed by atoms with van der Waals surface area (Å²) in [5, 5.41) is 8.56. The number of amides is 1. The number of hydrogen-bond acceptors (Lipinski definition) is 4. The topological polar surface area (TPSA) is 101 Å². The maximum absolute atomic E-state index is 12.3. The molecule has 0 radical (unpaired) electrons. The van der Waals surface area contributed by atoms with E-state index in [1.165, 1.54) is 12.1 Å². The van der Waals surface area contributed by atoms with E-state index in [1.54, 1.807) is 19.1 Å². The van der Waals surface area contributed by atoms with Crippen LogP contribution in [-0.2, 0) is 4.79 Å². The van der Waals surface area contributed by atoms with E-state index in [9.17, 15) is 9.59 Å². The summed E-state index contributed by atoms with van der Waals surface area (Å²) >= 11 is 0. The molecule has 1 aromatic heterocycles. The zero-order valence-electron chi connectivity index (χ0n) is 10.9. The number of nitrogens with zero attached hydrogens (tertiary/aromatic N) is 1. The molecule has 2 rings (SSSR count). The average molecular weight is 270 g/mol. The Hall–Kier alpha value is -2.89. The molecule has 20 heavy (non-hydrogen) atoms. The molecular formula is C14H14N4O2. The number of aromatic amines is 1. The predicted octanol–water partition coefficient (Wildman–Crippen LogP) is 1.10. The second kappa shape index (κ2) is 5.83. The van der Waals surface area contributed by atoms with Crippen LogP contribution in [0.4, 0.5) is 5.82 Å². The summed E-state index contributed by atoms with van der Waals surface area (Å²) < 4.78 is 0. The highest BCUT2D eigenvalue weighted by molar-refractivity contribution is 6.25. The Morgan fingerprint density at radius 2 is 1.90 bits per heavy atom. The molecule has 0 saturated carbocycles. The van der Waals surface area contributed by atoms with Gasteiger partial charge in [-0.3, -0.25) is 9.59 Å². The summed E-state index contributed by atoms with van der Waals surface area (Å²) in [5.74, 6) is -0.125. The quantitative estimate of drug-likeness (QED) is 0.727. The van der Waals surface area contributed by atoms with E-state index < -0.39 is 0 Å². The predicted molar refractivity (Wildman–Crippen MR) is 76.7 cm³/mol. The summed E-state index contributed by atoms with van der Waals surface area (Å²) in [5.41, 5.74) is 6.94. The van der Waals surface area contributed by atoms with Crippen LogP contribution in [0, 0.1) is 0 Å². The number of nitrogens with two attached hydrogens (primary N) is 1. The number of allylic oxidation sites excluding steroid dienone is 1. The highest BCUT2D eigenvalue weighted by atomic mass is 16.2. The summed E-state index contributed by atoms with van der Waals surface area (Å²) in [6.07, 6.45) is 0. The lowest BCUT2D eigenvalue weighted by Gasteiger charge is -2.10. The molecule has 0 spiro atoms. The zero-order chi connectivity index (χ0) is 14.5. The van der Waals surface area contributed by atoms with Gasteiger partial charge < -0.3 is 11.1 Å². The van der Waals surface area contributed by atoms with Crippen LogP contribution >= 0.6 is 0 Å². The second-order valence-corrected chi connectivity index (χ2v) is 4.18. The molecule has 1 amide bonds. The average Bonchev–Trinajstić information content (AvgIpc) is 2.42. The van der Waals surface area contributed by atoms with Crippen molar-refractivity contribution in [3.05, 3.63) is 64.1 Å². The van der Waals surface area contributed by atoms with Crippen LogP contribution in [0.5, 0.6) is 0 Å². The highest BCUT2D eigenvalue weighted by Gasteiger charge is 2.14. The van der Waals surface area contributed by atoms with Gasteiger partial charge >= 0.3 is 0 Å². The van der Waals surface area contributed by atoms with Crippen molar-refractivity contribution in [3.8, 4) is 0 Å². The number of benzene rings is 1. The van der Waals surface area contributed by atoms with Crippen LogP contribution in [0.2, 0.25) is 0 Å². The van der Waals surface area contributed by atoms with Crippen LogP contribution in [0.3, 0.4) is 0 Å². The van der Waals surface area contributed by atoms with Crippen LogP contribution in [0.25, 0.3) is 5.57 Å². The zero-order valence-corrected chi connectivity index (χ0v) is 10.9. The van der Waals surface area contributed by atoms with Gasteiger partial charge in [0.15, 0.2) is 5.82 Å². The molecule has 0 aliphatic rings. The Morgan fingerprint density at radius 1 is 1.20 bits per heavy atom. The fourth-order valence-corrected chi connectivity index (χ4v) is 1.74. The van der Waals surface area contributed by atoms with Gasteiger partial charge in [0.2, 0.25) is 0 Å². The third kappa shape index (κ3) is 3.11. The molecule has 6 heteroatoms. The first-order valence-electron chi connectivity index (χ1n) is 5.97. The van der Waals surface area contributed by atoms with Gasteiger partial charge in [-0.25, -0.2) is 5.10 Å². The van der Waals surface area contributed by atoms with E-state index in [-0.39, 0.29) is 17.3 Å². The van der Waals surface area contributed by atoms with Gasteiger partial charge in [0.05, 0.1) is 5.57 Å². The molecule has 0 atom stereocenters. The summed E-state index contributed by atoms with van der Waals surface area (Å²) in [6.45, 7) is 1.65. The smallest absolute Gasteiger partial charge is 0.264 e. The van der Waals surface area contributed by atoms with E-state index in [0.717, 1.165) is 5.56 Å². The van der Waals surface area contributed by atoms with Crippen molar-refractivity contribution in [2.24, 2.45) is 5.73 Å².